The molecule has 0 saturated carbocycles. The number of nitrogens with two attached hydrogens (primary N) is 1. The lowest BCUT2D eigenvalue weighted by molar-refractivity contribution is 0.0527. The van der Waals surface area contributed by atoms with Gasteiger partial charge in [-0.05, 0) is 25.1 Å². The normalized spacial score (nSPS) is 10.7. The van der Waals surface area contributed by atoms with Crippen molar-refractivity contribution >= 4 is 22.7 Å². The minimum Gasteiger partial charge on any atom is -0.462 e. The number of benzene rings is 1. The van der Waals surface area contributed by atoms with Crippen molar-refractivity contribution in [1.82, 2.24) is 20.0 Å². The van der Waals surface area contributed by atoms with Gasteiger partial charge in [-0.2, -0.15) is 4.68 Å². The van der Waals surface area contributed by atoms with Crippen LogP contribution in [-0.2, 0) is 4.74 Å². The summed E-state index contributed by atoms with van der Waals surface area (Å²) in [6, 6.07) is 9.03. The zero-order valence-corrected chi connectivity index (χ0v) is 11.4. The molecule has 0 saturated heterocycles. The smallest absolute Gasteiger partial charge is 0.340 e. The molecule has 0 spiro atoms. The van der Waals surface area contributed by atoms with Gasteiger partial charge in [0.15, 0.2) is 5.82 Å². The summed E-state index contributed by atoms with van der Waals surface area (Å²) in [5.74, 6) is -0.0241. The summed E-state index contributed by atoms with van der Waals surface area (Å²) in [6.45, 7) is 2.02. The Morgan fingerprint density at radius 1 is 1.38 bits per heavy atom. The highest BCUT2D eigenvalue weighted by Gasteiger charge is 2.15. The number of hydrogen-bond acceptors (Lipinski definition) is 6. The van der Waals surface area contributed by atoms with Gasteiger partial charge in [0.25, 0.3) is 0 Å². The molecule has 7 heteroatoms. The second-order valence-corrected chi connectivity index (χ2v) is 4.34. The van der Waals surface area contributed by atoms with Gasteiger partial charge in [-0.15, -0.1) is 5.10 Å². The summed E-state index contributed by atoms with van der Waals surface area (Å²) in [5, 5.41) is 8.11. The summed E-state index contributed by atoms with van der Waals surface area (Å²) in [6.07, 6.45) is 1.41. The van der Waals surface area contributed by atoms with Crippen LogP contribution in [0.1, 0.15) is 17.3 Å². The number of rotatable bonds is 3. The highest BCUT2D eigenvalue weighted by atomic mass is 16.5. The van der Waals surface area contributed by atoms with Crippen LogP contribution >= 0.6 is 0 Å². The van der Waals surface area contributed by atoms with Crippen molar-refractivity contribution in [2.75, 3.05) is 12.3 Å². The van der Waals surface area contributed by atoms with Gasteiger partial charge in [0.05, 0.1) is 29.6 Å². The molecule has 106 valence electrons. The molecule has 2 N–H and O–H groups in total. The molecule has 7 nitrogen and oxygen atoms in total. The third-order valence-corrected chi connectivity index (χ3v) is 2.98. The van der Waals surface area contributed by atoms with E-state index in [0.717, 1.165) is 11.0 Å². The van der Waals surface area contributed by atoms with Gasteiger partial charge in [0, 0.05) is 0 Å². The Hall–Kier alpha value is -2.96. The maximum atomic E-state index is 11.9. The molecular formula is C14H13N5O2. The molecule has 0 atom stereocenters. The van der Waals surface area contributed by atoms with Gasteiger partial charge < -0.3 is 10.5 Å². The van der Waals surface area contributed by atoms with Gasteiger partial charge in [-0.3, -0.25) is 0 Å². The summed E-state index contributed by atoms with van der Waals surface area (Å²) >= 11 is 0. The Morgan fingerprint density at radius 2 is 2.19 bits per heavy atom. The molecule has 0 unspecified atom stereocenters. The lowest BCUT2D eigenvalue weighted by Gasteiger charge is -2.07. The highest BCUT2D eigenvalue weighted by Crippen LogP contribution is 2.18. The van der Waals surface area contributed by atoms with Crippen LogP contribution in [0.3, 0.4) is 0 Å². The molecule has 21 heavy (non-hydrogen) atoms. The Labute approximate surface area is 120 Å². The van der Waals surface area contributed by atoms with Gasteiger partial charge >= 0.3 is 5.97 Å². The molecule has 1 aromatic carbocycles. The molecule has 3 rings (SSSR count). The average Bonchev–Trinajstić information content (AvgIpc) is 2.92. The number of anilines is 1. The van der Waals surface area contributed by atoms with E-state index in [-0.39, 0.29) is 17.9 Å². The van der Waals surface area contributed by atoms with Crippen LogP contribution in [0.5, 0.6) is 0 Å². The van der Waals surface area contributed by atoms with Crippen molar-refractivity contribution < 1.29 is 9.53 Å². The maximum Gasteiger partial charge on any atom is 0.340 e. The Bertz CT molecular complexity index is 812. The highest BCUT2D eigenvalue weighted by molar-refractivity contribution is 5.95. The Kier molecular flexibility index (Phi) is 3.23. The van der Waals surface area contributed by atoms with E-state index < -0.39 is 5.97 Å². The minimum absolute atomic E-state index is 0.265. The van der Waals surface area contributed by atoms with Crippen LogP contribution in [0.15, 0.2) is 36.5 Å². The Morgan fingerprint density at radius 3 is 3.00 bits per heavy atom. The summed E-state index contributed by atoms with van der Waals surface area (Å²) in [7, 11) is 0. The molecule has 0 aliphatic rings. The van der Waals surface area contributed by atoms with Crippen LogP contribution in [0.25, 0.3) is 16.9 Å². The van der Waals surface area contributed by atoms with Crippen molar-refractivity contribution in [2.24, 2.45) is 0 Å². The number of fused-ring (bicyclic) bond motifs is 1. The minimum atomic E-state index is -0.483. The number of nitrogen functional groups attached to an aromatic ring is 1. The SMILES string of the molecule is CCOC(=O)c1cc(-n2nnc3ccccc32)ncc1N. The summed E-state index contributed by atoms with van der Waals surface area (Å²) < 4.78 is 6.53. The van der Waals surface area contributed by atoms with Gasteiger partial charge in [0.2, 0.25) is 0 Å². The standard InChI is InChI=1S/C14H13N5O2/c1-2-21-14(20)9-7-13(16-8-10(9)15)19-12-6-4-3-5-11(12)17-18-19/h3-8H,2,15H2,1H3. The third kappa shape index (κ3) is 2.29. The van der Waals surface area contributed by atoms with E-state index >= 15 is 0 Å². The molecule has 0 aliphatic heterocycles. The first kappa shape index (κ1) is 13.0. The molecule has 0 radical (unpaired) electrons. The van der Waals surface area contributed by atoms with Crippen LogP contribution in [-0.4, -0.2) is 32.6 Å². The molecule has 2 aromatic heterocycles. The van der Waals surface area contributed by atoms with Crippen LogP contribution < -0.4 is 5.73 Å². The molecule has 0 aliphatic carbocycles. The van der Waals surface area contributed by atoms with Gasteiger partial charge in [-0.25, -0.2) is 9.78 Å². The number of nitrogens with zero attached hydrogens (tertiary/aromatic N) is 4. The number of hydrogen-bond donors (Lipinski definition) is 1. The lowest BCUT2D eigenvalue weighted by Crippen LogP contribution is -2.10. The van der Waals surface area contributed by atoms with Crippen LogP contribution in [0, 0.1) is 0 Å². The fourth-order valence-corrected chi connectivity index (χ4v) is 1.99. The van der Waals surface area contributed by atoms with Crippen LogP contribution in [0.2, 0.25) is 0 Å². The first-order chi connectivity index (χ1) is 10.2. The zero-order valence-electron chi connectivity index (χ0n) is 11.4. The van der Waals surface area contributed by atoms with E-state index in [9.17, 15) is 4.79 Å². The van der Waals surface area contributed by atoms with Crippen molar-refractivity contribution in [3.8, 4) is 5.82 Å². The van der Waals surface area contributed by atoms with Crippen LogP contribution in [0.4, 0.5) is 5.69 Å². The number of esters is 1. The third-order valence-electron chi connectivity index (χ3n) is 2.98. The molecule has 0 bridgehead atoms. The Balaban J connectivity index is 2.11. The number of carbonyl (C=O) groups excluding carboxylic acids is 1. The number of carbonyl (C=O) groups is 1. The number of ether oxygens (including phenoxy) is 1. The van der Waals surface area contributed by atoms with E-state index in [2.05, 4.69) is 15.3 Å². The van der Waals surface area contributed by atoms with Crippen molar-refractivity contribution in [3.63, 3.8) is 0 Å². The predicted octanol–water partition coefficient (Wildman–Crippen LogP) is 1.57. The summed E-state index contributed by atoms with van der Waals surface area (Å²) in [5.41, 5.74) is 7.85. The quantitative estimate of drug-likeness (QED) is 0.733. The first-order valence-corrected chi connectivity index (χ1v) is 6.44. The maximum absolute atomic E-state index is 11.9. The topological polar surface area (TPSA) is 95.9 Å². The lowest BCUT2D eigenvalue weighted by atomic mass is 10.2. The number of aromatic nitrogens is 4. The zero-order chi connectivity index (χ0) is 14.8. The predicted molar refractivity (Wildman–Crippen MR) is 77.0 cm³/mol. The fourth-order valence-electron chi connectivity index (χ4n) is 1.99. The fraction of sp³-hybridized carbons (Fsp3) is 0.143. The number of pyridine rings is 1. The van der Waals surface area contributed by atoms with Crippen molar-refractivity contribution in [2.45, 2.75) is 6.92 Å². The van der Waals surface area contributed by atoms with E-state index in [1.165, 1.54) is 6.20 Å². The average molecular weight is 283 g/mol. The van der Waals surface area contributed by atoms with Crippen molar-refractivity contribution in [3.05, 3.63) is 42.1 Å². The molecule has 0 fully saturated rings. The second kappa shape index (κ2) is 5.20. The van der Waals surface area contributed by atoms with E-state index in [4.69, 9.17) is 10.5 Å². The second-order valence-electron chi connectivity index (χ2n) is 4.34. The van der Waals surface area contributed by atoms with Gasteiger partial charge in [-0.1, -0.05) is 17.3 Å². The summed E-state index contributed by atoms with van der Waals surface area (Å²) in [4.78, 5) is 16.1. The van der Waals surface area contributed by atoms with Crippen molar-refractivity contribution in [1.29, 1.82) is 0 Å². The van der Waals surface area contributed by atoms with Gasteiger partial charge in [0.1, 0.15) is 5.52 Å². The molecule has 2 heterocycles. The first-order valence-electron chi connectivity index (χ1n) is 6.44. The largest absolute Gasteiger partial charge is 0.462 e. The monoisotopic (exact) mass is 283 g/mol. The van der Waals surface area contributed by atoms with E-state index in [0.29, 0.717) is 5.82 Å². The molecule has 3 aromatic rings. The van der Waals surface area contributed by atoms with E-state index in [1.54, 1.807) is 17.7 Å². The van der Waals surface area contributed by atoms with E-state index in [1.807, 2.05) is 24.3 Å². The molecular weight excluding hydrogens is 270 g/mol. The number of para-hydroxylation sites is 1. The molecule has 0 amide bonds.